The summed E-state index contributed by atoms with van der Waals surface area (Å²) in [5.41, 5.74) is 3.04. The molecule has 1 aliphatic carbocycles. The summed E-state index contributed by atoms with van der Waals surface area (Å²) < 4.78 is 5.48. The average Bonchev–Trinajstić information content (AvgIpc) is 2.92. The molecule has 1 unspecified atom stereocenters. The first-order valence-corrected chi connectivity index (χ1v) is 13.2. The second kappa shape index (κ2) is 11.6. The minimum Gasteiger partial charge on any atom is -0.497 e. The molecule has 1 saturated carbocycles. The van der Waals surface area contributed by atoms with E-state index in [0.29, 0.717) is 22.6 Å². The number of amides is 2. The Bertz CT molecular complexity index is 1190. The smallest absolute Gasteiger partial charge is 0.259 e. The Morgan fingerprint density at radius 2 is 1.57 bits per heavy atom. The molecule has 5 heteroatoms. The van der Waals surface area contributed by atoms with E-state index in [2.05, 4.69) is 26.1 Å². The van der Waals surface area contributed by atoms with Crippen LogP contribution in [0.25, 0.3) is 0 Å². The van der Waals surface area contributed by atoms with Gasteiger partial charge in [0.15, 0.2) is 0 Å². The van der Waals surface area contributed by atoms with Gasteiger partial charge in [0.25, 0.3) is 5.91 Å². The van der Waals surface area contributed by atoms with E-state index in [4.69, 9.17) is 4.74 Å². The number of methoxy groups -OCH3 is 1. The van der Waals surface area contributed by atoms with Gasteiger partial charge in [-0.1, -0.05) is 82.5 Å². The number of nitrogens with one attached hydrogen (secondary N) is 1. The molecule has 0 saturated heterocycles. The van der Waals surface area contributed by atoms with Crippen LogP contribution in [0.15, 0.2) is 78.9 Å². The Hall–Kier alpha value is -3.60. The van der Waals surface area contributed by atoms with Crippen molar-refractivity contribution in [2.24, 2.45) is 0 Å². The molecule has 1 N–H and O–H groups in total. The zero-order valence-electron chi connectivity index (χ0n) is 22.4. The van der Waals surface area contributed by atoms with Gasteiger partial charge >= 0.3 is 0 Å². The van der Waals surface area contributed by atoms with Crippen LogP contribution in [-0.2, 0) is 10.2 Å². The molecule has 3 aromatic carbocycles. The highest BCUT2D eigenvalue weighted by atomic mass is 16.5. The van der Waals surface area contributed by atoms with Gasteiger partial charge in [-0.25, -0.2) is 0 Å². The topological polar surface area (TPSA) is 58.6 Å². The van der Waals surface area contributed by atoms with E-state index in [0.717, 1.165) is 31.2 Å². The Morgan fingerprint density at radius 3 is 2.19 bits per heavy atom. The Kier molecular flexibility index (Phi) is 8.32. The van der Waals surface area contributed by atoms with Gasteiger partial charge in [0.1, 0.15) is 11.8 Å². The third-order valence-electron chi connectivity index (χ3n) is 7.12. The van der Waals surface area contributed by atoms with Gasteiger partial charge in [0.05, 0.1) is 7.11 Å². The van der Waals surface area contributed by atoms with Crippen molar-refractivity contribution in [3.8, 4) is 5.75 Å². The fourth-order valence-electron chi connectivity index (χ4n) is 4.98. The molecule has 0 radical (unpaired) electrons. The summed E-state index contributed by atoms with van der Waals surface area (Å²) in [6.07, 6.45) is 5.34. The first-order chi connectivity index (χ1) is 17.8. The second-order valence-corrected chi connectivity index (χ2v) is 10.9. The molecule has 0 heterocycles. The summed E-state index contributed by atoms with van der Waals surface area (Å²) in [6.45, 7) is 6.47. The number of anilines is 1. The van der Waals surface area contributed by atoms with Crippen LogP contribution < -0.4 is 15.0 Å². The van der Waals surface area contributed by atoms with Gasteiger partial charge in [-0.3, -0.25) is 14.5 Å². The van der Waals surface area contributed by atoms with Crippen molar-refractivity contribution >= 4 is 17.5 Å². The SMILES string of the molecule is COc1cccc(C(C(=O)NC2CCCCC2)N(C(=O)c2ccccc2)c2ccc(C(C)(C)C)cc2)c1. The zero-order chi connectivity index (χ0) is 26.4. The first-order valence-electron chi connectivity index (χ1n) is 13.2. The number of carbonyl (C=O) groups excluding carboxylic acids is 2. The van der Waals surface area contributed by atoms with E-state index in [1.54, 1.807) is 24.1 Å². The molecule has 194 valence electrons. The lowest BCUT2D eigenvalue weighted by molar-refractivity contribution is -0.123. The average molecular weight is 499 g/mol. The van der Waals surface area contributed by atoms with E-state index < -0.39 is 6.04 Å². The van der Waals surface area contributed by atoms with Crippen molar-refractivity contribution in [1.29, 1.82) is 0 Å². The number of carbonyl (C=O) groups is 2. The number of ether oxygens (including phenoxy) is 1. The van der Waals surface area contributed by atoms with Crippen LogP contribution in [0.1, 0.15) is 80.4 Å². The highest BCUT2D eigenvalue weighted by Crippen LogP contribution is 2.33. The van der Waals surface area contributed by atoms with Gasteiger partial charge in [-0.05, 0) is 65.8 Å². The minimum absolute atomic E-state index is 0.0304. The van der Waals surface area contributed by atoms with E-state index in [1.807, 2.05) is 66.7 Å². The fraction of sp³-hybridized carbons (Fsp3) is 0.375. The summed E-state index contributed by atoms with van der Waals surface area (Å²) in [7, 11) is 1.61. The lowest BCUT2D eigenvalue weighted by Gasteiger charge is -2.34. The predicted octanol–water partition coefficient (Wildman–Crippen LogP) is 6.83. The van der Waals surface area contributed by atoms with Gasteiger partial charge in [-0.15, -0.1) is 0 Å². The van der Waals surface area contributed by atoms with Crippen molar-refractivity contribution in [1.82, 2.24) is 5.32 Å². The molecule has 1 atom stereocenters. The molecule has 4 rings (SSSR count). The molecule has 2 amide bonds. The standard InChI is InChI=1S/C32H38N2O3/c1-32(2,3)25-18-20-27(21-19-25)34(31(36)23-12-7-5-8-13-23)29(24-14-11-17-28(22-24)37-4)30(35)33-26-15-9-6-10-16-26/h5,7-8,11-14,17-22,26,29H,6,9-10,15-16H2,1-4H3,(H,33,35). The Labute approximate surface area is 220 Å². The summed E-state index contributed by atoms with van der Waals surface area (Å²) in [6, 6.07) is 23.8. The van der Waals surface area contributed by atoms with Crippen molar-refractivity contribution in [3.63, 3.8) is 0 Å². The van der Waals surface area contributed by atoms with Crippen LogP contribution in [0, 0.1) is 0 Å². The van der Waals surface area contributed by atoms with Crippen LogP contribution in [-0.4, -0.2) is 25.0 Å². The van der Waals surface area contributed by atoms with Crippen LogP contribution in [0.3, 0.4) is 0 Å². The maximum Gasteiger partial charge on any atom is 0.259 e. The van der Waals surface area contributed by atoms with Crippen LogP contribution >= 0.6 is 0 Å². The minimum atomic E-state index is -0.856. The maximum absolute atomic E-state index is 14.1. The molecule has 37 heavy (non-hydrogen) atoms. The molecule has 0 spiro atoms. The monoisotopic (exact) mass is 498 g/mol. The normalized spacial score (nSPS) is 15.0. The highest BCUT2D eigenvalue weighted by Gasteiger charge is 2.35. The fourth-order valence-corrected chi connectivity index (χ4v) is 4.98. The van der Waals surface area contributed by atoms with E-state index in [-0.39, 0.29) is 23.3 Å². The largest absolute Gasteiger partial charge is 0.497 e. The van der Waals surface area contributed by atoms with Crippen LogP contribution in [0.2, 0.25) is 0 Å². The van der Waals surface area contributed by atoms with Crippen LogP contribution in [0.5, 0.6) is 5.75 Å². The molecule has 0 bridgehead atoms. The summed E-state index contributed by atoms with van der Waals surface area (Å²) in [5.74, 6) is 0.239. The number of rotatable bonds is 7. The van der Waals surface area contributed by atoms with Crippen LogP contribution in [0.4, 0.5) is 5.69 Å². The van der Waals surface area contributed by atoms with Gasteiger partial charge in [0, 0.05) is 17.3 Å². The Morgan fingerprint density at radius 1 is 0.892 bits per heavy atom. The third-order valence-corrected chi connectivity index (χ3v) is 7.12. The summed E-state index contributed by atoms with van der Waals surface area (Å²) in [4.78, 5) is 29.8. The van der Waals surface area contributed by atoms with E-state index in [9.17, 15) is 9.59 Å². The Balaban J connectivity index is 1.83. The quantitative estimate of drug-likeness (QED) is 0.388. The maximum atomic E-state index is 14.1. The summed E-state index contributed by atoms with van der Waals surface area (Å²) >= 11 is 0. The second-order valence-electron chi connectivity index (χ2n) is 10.9. The number of hydrogen-bond acceptors (Lipinski definition) is 3. The molecule has 1 fully saturated rings. The van der Waals surface area contributed by atoms with Gasteiger partial charge < -0.3 is 10.1 Å². The van der Waals surface area contributed by atoms with Crippen molar-refractivity contribution in [3.05, 3.63) is 95.6 Å². The first kappa shape index (κ1) is 26.5. The molecule has 3 aromatic rings. The zero-order valence-corrected chi connectivity index (χ0v) is 22.4. The van der Waals surface area contributed by atoms with Crippen molar-refractivity contribution < 1.29 is 14.3 Å². The highest BCUT2D eigenvalue weighted by molar-refractivity contribution is 6.10. The molecular weight excluding hydrogens is 460 g/mol. The van der Waals surface area contributed by atoms with Crippen molar-refractivity contribution in [2.75, 3.05) is 12.0 Å². The summed E-state index contributed by atoms with van der Waals surface area (Å²) in [5, 5.41) is 3.27. The van der Waals surface area contributed by atoms with Gasteiger partial charge in [-0.2, -0.15) is 0 Å². The number of hydrogen-bond donors (Lipinski definition) is 1. The lowest BCUT2D eigenvalue weighted by atomic mass is 9.87. The van der Waals surface area contributed by atoms with Crippen molar-refractivity contribution in [2.45, 2.75) is 70.4 Å². The lowest BCUT2D eigenvalue weighted by Crippen LogP contribution is -2.47. The number of nitrogens with zero attached hydrogens (tertiary/aromatic N) is 1. The molecule has 5 nitrogen and oxygen atoms in total. The third kappa shape index (κ3) is 6.40. The predicted molar refractivity (Wildman–Crippen MR) is 149 cm³/mol. The molecule has 1 aliphatic rings. The molecule has 0 aromatic heterocycles. The van der Waals surface area contributed by atoms with E-state index >= 15 is 0 Å². The number of benzene rings is 3. The van der Waals surface area contributed by atoms with Gasteiger partial charge in [0.2, 0.25) is 5.91 Å². The molecular formula is C32H38N2O3. The van der Waals surface area contributed by atoms with E-state index in [1.165, 1.54) is 6.42 Å². The molecule has 0 aliphatic heterocycles.